The summed E-state index contributed by atoms with van der Waals surface area (Å²) in [5.74, 6) is -0.553. The van der Waals surface area contributed by atoms with E-state index in [1.165, 1.54) is 0 Å². The number of hydrogen-bond donors (Lipinski definition) is 1. The fourth-order valence-electron chi connectivity index (χ4n) is 0.348. The van der Waals surface area contributed by atoms with Gasteiger partial charge in [-0.3, -0.25) is 0 Å². The maximum absolute atomic E-state index is 11.5. The van der Waals surface area contributed by atoms with Crippen molar-refractivity contribution in [1.82, 2.24) is 5.32 Å². The number of hydrogen-bond acceptors (Lipinski definition) is 1. The van der Waals surface area contributed by atoms with Crippen molar-refractivity contribution in [3.8, 4) is 0 Å². The van der Waals surface area contributed by atoms with Gasteiger partial charge in [-0.1, -0.05) is 0 Å². The molecule has 0 heterocycles. The number of carbonyl (C=O) groups is 1. The zero-order valence-corrected chi connectivity index (χ0v) is 8.33. The van der Waals surface area contributed by atoms with E-state index >= 15 is 0 Å². The molecule has 1 amide bonds. The predicted molar refractivity (Wildman–Crippen MR) is 37.0 cm³/mol. The Balaban J connectivity index is 3.64. The summed E-state index contributed by atoms with van der Waals surface area (Å²) in [5.41, 5.74) is 0. The molecule has 2 atom stereocenters. The van der Waals surface area contributed by atoms with Crippen LogP contribution in [-0.2, 0) is 4.79 Å². The van der Waals surface area contributed by atoms with Gasteiger partial charge < -0.3 is 0 Å². The molecule has 0 saturated carbocycles. The first-order chi connectivity index (χ1) is 4.83. The molecule has 11 heavy (non-hydrogen) atoms. The number of alkyl halides is 3. The molecular weight excluding hydrogens is 222 g/mol. The van der Waals surface area contributed by atoms with Crippen LogP contribution in [0, 0.1) is 0 Å². The number of amides is 1. The van der Waals surface area contributed by atoms with Crippen molar-refractivity contribution in [2.75, 3.05) is 6.54 Å². The molecule has 0 rings (SSSR count). The van der Waals surface area contributed by atoms with E-state index < -0.39 is 18.6 Å². The summed E-state index contributed by atoms with van der Waals surface area (Å²) in [5, 5.41) is 1.77. The Kier molecular flexibility index (Phi) is 3.93. The molecule has 0 aliphatic heterocycles. The fourth-order valence-corrected chi connectivity index (χ4v) is 0.596. The zero-order valence-electron chi connectivity index (χ0n) is 5.90. The van der Waals surface area contributed by atoms with Crippen molar-refractivity contribution in [2.24, 2.45) is 0 Å². The Bertz CT molecular complexity index is 145. The second-order valence-electron chi connectivity index (χ2n) is 2.12. The minimum absolute atomic E-state index is 0.343. The third kappa shape index (κ3) is 6.23. The molecular formula is C5H9AsF3NO. The first kappa shape index (κ1) is 10.8. The molecule has 0 radical (unpaired) electrons. The summed E-state index contributed by atoms with van der Waals surface area (Å²) in [7, 11) is 0. The Morgan fingerprint density at radius 1 is 1.64 bits per heavy atom. The van der Waals surface area contributed by atoms with E-state index in [1.54, 1.807) is 12.2 Å². The first-order valence-electron chi connectivity index (χ1n) is 2.93. The van der Waals surface area contributed by atoms with Crippen molar-refractivity contribution in [2.45, 2.75) is 17.8 Å². The number of halogens is 3. The molecule has 6 heteroatoms. The third-order valence-corrected chi connectivity index (χ3v) is 1.51. The van der Waals surface area contributed by atoms with Crippen LogP contribution in [0.3, 0.4) is 0 Å². The van der Waals surface area contributed by atoms with Gasteiger partial charge in [0, 0.05) is 0 Å². The molecule has 1 unspecified atom stereocenters. The van der Waals surface area contributed by atoms with Crippen molar-refractivity contribution in [3.63, 3.8) is 0 Å². The van der Waals surface area contributed by atoms with Gasteiger partial charge in [-0.2, -0.15) is 0 Å². The Hall–Kier alpha value is -0.182. The van der Waals surface area contributed by atoms with E-state index in [1.807, 2.05) is 0 Å². The number of carbonyl (C=O) groups excluding carboxylic acids is 1. The Morgan fingerprint density at radius 3 is 2.36 bits per heavy atom. The molecule has 1 N–H and O–H groups in total. The molecule has 66 valence electrons. The monoisotopic (exact) mass is 231 g/mol. The van der Waals surface area contributed by atoms with Gasteiger partial charge in [-0.25, -0.2) is 0 Å². The summed E-state index contributed by atoms with van der Waals surface area (Å²) < 4.78 is 34.1. The zero-order chi connectivity index (χ0) is 9.07. The van der Waals surface area contributed by atoms with Gasteiger partial charge in [0.05, 0.1) is 0 Å². The SMILES string of the molecule is C[C@H]([AsH2])C(=O)NCC(F)(F)F. The van der Waals surface area contributed by atoms with Crippen LogP contribution in [0.2, 0.25) is 4.71 Å². The van der Waals surface area contributed by atoms with Crippen LogP contribution in [-0.4, -0.2) is 35.5 Å². The molecule has 0 bridgehead atoms. The van der Waals surface area contributed by atoms with Crippen LogP contribution in [0.5, 0.6) is 0 Å². The topological polar surface area (TPSA) is 29.1 Å². The van der Waals surface area contributed by atoms with Crippen LogP contribution in [0.25, 0.3) is 0 Å². The molecule has 0 saturated heterocycles. The quantitative estimate of drug-likeness (QED) is 0.671. The average molecular weight is 231 g/mol. The summed E-state index contributed by atoms with van der Waals surface area (Å²) in [4.78, 5) is 10.6. The first-order valence-corrected chi connectivity index (χ1v) is 4.33. The van der Waals surface area contributed by atoms with Gasteiger partial charge in [-0.05, 0) is 0 Å². The number of nitrogens with one attached hydrogen (secondary N) is 1. The second-order valence-corrected chi connectivity index (χ2v) is 4.22. The predicted octanol–water partition coefficient (Wildman–Crippen LogP) is 0.106. The molecule has 0 spiro atoms. The van der Waals surface area contributed by atoms with Gasteiger partial charge in [-0.15, -0.1) is 0 Å². The molecule has 0 aromatic carbocycles. The van der Waals surface area contributed by atoms with Gasteiger partial charge in [0.15, 0.2) is 0 Å². The summed E-state index contributed by atoms with van der Waals surface area (Å²) in [6.07, 6.45) is -4.31. The summed E-state index contributed by atoms with van der Waals surface area (Å²) in [6, 6.07) is 0. The second kappa shape index (κ2) is 4.00. The van der Waals surface area contributed by atoms with Crippen LogP contribution in [0.1, 0.15) is 6.92 Å². The standard InChI is InChI=1S/C5H9AsF3NO/c1-3(6)4(11)10-2-5(7,8)9/h3H,2,6H2,1H3,(H,10,11)/t3-/m0/s1. The average Bonchev–Trinajstić information content (AvgIpc) is 1.80. The van der Waals surface area contributed by atoms with Crippen molar-refractivity contribution < 1.29 is 18.0 Å². The van der Waals surface area contributed by atoms with Gasteiger partial charge in [0.1, 0.15) is 0 Å². The van der Waals surface area contributed by atoms with E-state index in [-0.39, 0.29) is 4.71 Å². The van der Waals surface area contributed by atoms with E-state index in [2.05, 4.69) is 0 Å². The third-order valence-electron chi connectivity index (χ3n) is 0.877. The van der Waals surface area contributed by atoms with Crippen molar-refractivity contribution >= 4 is 22.8 Å². The molecule has 0 fully saturated rings. The van der Waals surface area contributed by atoms with Crippen molar-refractivity contribution in [3.05, 3.63) is 0 Å². The summed E-state index contributed by atoms with van der Waals surface area (Å²) in [6.45, 7) is 0.325. The van der Waals surface area contributed by atoms with Crippen LogP contribution in [0.15, 0.2) is 0 Å². The van der Waals surface area contributed by atoms with E-state index in [0.717, 1.165) is 16.9 Å². The van der Waals surface area contributed by atoms with Gasteiger partial charge in [0.25, 0.3) is 0 Å². The van der Waals surface area contributed by atoms with Crippen LogP contribution >= 0.6 is 0 Å². The van der Waals surface area contributed by atoms with Gasteiger partial charge in [0.2, 0.25) is 0 Å². The molecule has 2 nitrogen and oxygen atoms in total. The minimum atomic E-state index is -4.31. The Morgan fingerprint density at radius 2 is 2.09 bits per heavy atom. The van der Waals surface area contributed by atoms with E-state index in [4.69, 9.17) is 0 Å². The van der Waals surface area contributed by atoms with Crippen LogP contribution < -0.4 is 5.32 Å². The fraction of sp³-hybridized carbons (Fsp3) is 0.800. The van der Waals surface area contributed by atoms with E-state index in [0.29, 0.717) is 0 Å². The maximum atomic E-state index is 11.5. The molecule has 0 aliphatic carbocycles. The summed E-state index contributed by atoms with van der Waals surface area (Å²) >= 11 is 1.10. The molecule has 0 aromatic heterocycles. The normalized spacial score (nSPS) is 14.3. The Labute approximate surface area is 71.0 Å². The molecule has 0 aromatic rings. The van der Waals surface area contributed by atoms with Crippen molar-refractivity contribution in [1.29, 1.82) is 0 Å². The van der Waals surface area contributed by atoms with E-state index in [9.17, 15) is 18.0 Å². The van der Waals surface area contributed by atoms with Gasteiger partial charge >= 0.3 is 70.4 Å². The number of rotatable bonds is 2. The molecule has 0 aliphatic rings. The van der Waals surface area contributed by atoms with Crippen LogP contribution in [0.4, 0.5) is 13.2 Å².